The van der Waals surface area contributed by atoms with Gasteiger partial charge in [0.2, 0.25) is 5.91 Å². The van der Waals surface area contributed by atoms with Gasteiger partial charge < -0.3 is 10.1 Å². The Morgan fingerprint density at radius 3 is 2.76 bits per heavy atom. The van der Waals surface area contributed by atoms with Crippen LogP contribution in [-0.2, 0) is 4.79 Å². The molecular formula is C13H15NO3. The predicted molar refractivity (Wildman–Crippen MR) is 64.4 cm³/mol. The minimum absolute atomic E-state index is 0.175. The summed E-state index contributed by atoms with van der Waals surface area (Å²) in [6.07, 6.45) is 4.28. The highest BCUT2D eigenvalue weighted by Crippen LogP contribution is 2.31. The average Bonchev–Trinajstić information content (AvgIpc) is 2.24. The van der Waals surface area contributed by atoms with Crippen LogP contribution in [0.15, 0.2) is 18.2 Å². The fourth-order valence-corrected chi connectivity index (χ4v) is 1.68. The first kappa shape index (κ1) is 11.6. The van der Waals surface area contributed by atoms with E-state index in [0.717, 1.165) is 19.1 Å². The summed E-state index contributed by atoms with van der Waals surface area (Å²) in [7, 11) is 0. The summed E-state index contributed by atoms with van der Waals surface area (Å²) in [6, 6.07) is 5.04. The standard InChI is InChI=1S/C13H15NO3/c1-9(16)14-12-7-10(8-15)5-6-13(12)17-11-3-2-4-11/h5-8,11H,2-4H2,1H3,(H,14,16). The van der Waals surface area contributed by atoms with E-state index >= 15 is 0 Å². The Kier molecular flexibility index (Phi) is 3.42. The summed E-state index contributed by atoms with van der Waals surface area (Å²) >= 11 is 0. The third kappa shape index (κ3) is 2.84. The summed E-state index contributed by atoms with van der Waals surface area (Å²) in [5, 5.41) is 2.68. The molecule has 0 radical (unpaired) electrons. The summed E-state index contributed by atoms with van der Waals surface area (Å²) in [4.78, 5) is 21.8. The van der Waals surface area contributed by atoms with Crippen LogP contribution in [0.5, 0.6) is 5.75 Å². The fraction of sp³-hybridized carbons (Fsp3) is 0.385. The zero-order valence-electron chi connectivity index (χ0n) is 9.73. The van der Waals surface area contributed by atoms with E-state index in [1.165, 1.54) is 13.3 Å². The van der Waals surface area contributed by atoms with Crippen molar-refractivity contribution in [3.63, 3.8) is 0 Å². The number of amides is 1. The van der Waals surface area contributed by atoms with Crippen molar-refractivity contribution in [3.8, 4) is 5.75 Å². The van der Waals surface area contributed by atoms with Crippen LogP contribution in [-0.4, -0.2) is 18.3 Å². The Hall–Kier alpha value is -1.84. The van der Waals surface area contributed by atoms with Crippen LogP contribution in [0, 0.1) is 0 Å². The summed E-state index contributed by atoms with van der Waals surface area (Å²) in [5.41, 5.74) is 1.09. The predicted octanol–water partition coefficient (Wildman–Crippen LogP) is 2.39. The van der Waals surface area contributed by atoms with E-state index in [1.807, 2.05) is 0 Å². The van der Waals surface area contributed by atoms with Gasteiger partial charge in [0.25, 0.3) is 0 Å². The van der Waals surface area contributed by atoms with Crippen LogP contribution < -0.4 is 10.1 Å². The number of hydrogen-bond acceptors (Lipinski definition) is 3. The van der Waals surface area contributed by atoms with Gasteiger partial charge in [-0.05, 0) is 37.5 Å². The van der Waals surface area contributed by atoms with Gasteiger partial charge >= 0.3 is 0 Å². The van der Waals surface area contributed by atoms with Crippen molar-refractivity contribution in [2.24, 2.45) is 0 Å². The number of carbonyl (C=O) groups is 2. The first-order chi connectivity index (χ1) is 8.19. The Morgan fingerprint density at radius 1 is 1.47 bits per heavy atom. The number of ether oxygens (including phenoxy) is 1. The van der Waals surface area contributed by atoms with E-state index in [-0.39, 0.29) is 12.0 Å². The number of rotatable bonds is 4. The number of carbonyl (C=O) groups excluding carboxylic acids is 2. The minimum atomic E-state index is -0.175. The number of benzene rings is 1. The van der Waals surface area contributed by atoms with E-state index in [2.05, 4.69) is 5.32 Å². The van der Waals surface area contributed by atoms with Gasteiger partial charge in [-0.3, -0.25) is 9.59 Å². The van der Waals surface area contributed by atoms with Crippen LogP contribution in [0.1, 0.15) is 36.5 Å². The second kappa shape index (κ2) is 4.99. The van der Waals surface area contributed by atoms with Crippen molar-refractivity contribution >= 4 is 17.9 Å². The molecule has 0 bridgehead atoms. The summed E-state index contributed by atoms with van der Waals surface area (Å²) < 4.78 is 5.75. The molecule has 1 aliphatic rings. The molecule has 1 aromatic carbocycles. The van der Waals surface area contributed by atoms with Crippen LogP contribution in [0.2, 0.25) is 0 Å². The minimum Gasteiger partial charge on any atom is -0.488 e. The summed E-state index contributed by atoms with van der Waals surface area (Å²) in [6.45, 7) is 1.43. The van der Waals surface area contributed by atoms with Crippen molar-refractivity contribution in [3.05, 3.63) is 23.8 Å². The monoisotopic (exact) mass is 233 g/mol. The fourth-order valence-electron chi connectivity index (χ4n) is 1.68. The highest BCUT2D eigenvalue weighted by atomic mass is 16.5. The average molecular weight is 233 g/mol. The molecule has 17 heavy (non-hydrogen) atoms. The van der Waals surface area contributed by atoms with Crippen molar-refractivity contribution in [2.75, 3.05) is 5.32 Å². The van der Waals surface area contributed by atoms with E-state index < -0.39 is 0 Å². The molecule has 0 aliphatic heterocycles. The lowest BCUT2D eigenvalue weighted by Gasteiger charge is -2.27. The largest absolute Gasteiger partial charge is 0.488 e. The van der Waals surface area contributed by atoms with Crippen LogP contribution >= 0.6 is 0 Å². The molecule has 0 unspecified atom stereocenters. The Bertz CT molecular complexity index is 438. The smallest absolute Gasteiger partial charge is 0.221 e. The number of nitrogens with one attached hydrogen (secondary N) is 1. The summed E-state index contributed by atoms with van der Waals surface area (Å²) in [5.74, 6) is 0.460. The third-order valence-corrected chi connectivity index (χ3v) is 2.80. The van der Waals surface area contributed by atoms with Gasteiger partial charge in [-0.15, -0.1) is 0 Å². The molecule has 0 aromatic heterocycles. The normalized spacial score (nSPS) is 14.9. The molecule has 0 saturated heterocycles. The molecule has 2 rings (SSSR count). The maximum Gasteiger partial charge on any atom is 0.221 e. The molecule has 1 amide bonds. The van der Waals surface area contributed by atoms with Crippen molar-refractivity contribution in [1.82, 2.24) is 0 Å². The molecule has 1 aromatic rings. The number of aldehydes is 1. The van der Waals surface area contributed by atoms with Gasteiger partial charge in [0, 0.05) is 12.5 Å². The molecular weight excluding hydrogens is 218 g/mol. The van der Waals surface area contributed by atoms with E-state index in [9.17, 15) is 9.59 Å². The second-order valence-electron chi connectivity index (χ2n) is 4.23. The van der Waals surface area contributed by atoms with Crippen LogP contribution in [0.4, 0.5) is 5.69 Å². The molecule has 1 N–H and O–H groups in total. The lowest BCUT2D eigenvalue weighted by Crippen LogP contribution is -2.25. The maximum absolute atomic E-state index is 11.1. The SMILES string of the molecule is CC(=O)Nc1cc(C=O)ccc1OC1CCC1. The highest BCUT2D eigenvalue weighted by Gasteiger charge is 2.20. The number of anilines is 1. The van der Waals surface area contributed by atoms with Gasteiger partial charge in [0.15, 0.2) is 0 Å². The Balaban J connectivity index is 2.21. The number of hydrogen-bond donors (Lipinski definition) is 1. The zero-order valence-corrected chi connectivity index (χ0v) is 9.73. The quantitative estimate of drug-likeness (QED) is 0.812. The first-order valence-electron chi connectivity index (χ1n) is 5.72. The van der Waals surface area contributed by atoms with Crippen molar-refractivity contribution < 1.29 is 14.3 Å². The van der Waals surface area contributed by atoms with Gasteiger partial charge in [0.05, 0.1) is 11.8 Å². The van der Waals surface area contributed by atoms with E-state index in [0.29, 0.717) is 17.0 Å². The lowest BCUT2D eigenvalue weighted by atomic mass is 9.96. The van der Waals surface area contributed by atoms with Gasteiger partial charge in [-0.2, -0.15) is 0 Å². The maximum atomic E-state index is 11.1. The molecule has 1 saturated carbocycles. The Labute approximate surface area is 100.0 Å². The Morgan fingerprint density at radius 2 is 2.24 bits per heavy atom. The van der Waals surface area contributed by atoms with E-state index in [4.69, 9.17) is 4.74 Å². The van der Waals surface area contributed by atoms with Crippen LogP contribution in [0.25, 0.3) is 0 Å². The molecule has 4 heteroatoms. The molecule has 0 heterocycles. The lowest BCUT2D eigenvalue weighted by molar-refractivity contribution is -0.114. The van der Waals surface area contributed by atoms with Crippen molar-refractivity contribution in [2.45, 2.75) is 32.3 Å². The van der Waals surface area contributed by atoms with Gasteiger partial charge in [-0.1, -0.05) is 0 Å². The molecule has 0 spiro atoms. The van der Waals surface area contributed by atoms with Gasteiger partial charge in [-0.25, -0.2) is 0 Å². The molecule has 1 aliphatic carbocycles. The molecule has 90 valence electrons. The molecule has 0 atom stereocenters. The second-order valence-corrected chi connectivity index (χ2v) is 4.23. The first-order valence-corrected chi connectivity index (χ1v) is 5.72. The third-order valence-electron chi connectivity index (χ3n) is 2.80. The van der Waals surface area contributed by atoms with Crippen molar-refractivity contribution in [1.29, 1.82) is 0 Å². The van der Waals surface area contributed by atoms with Gasteiger partial charge in [0.1, 0.15) is 12.0 Å². The molecule has 4 nitrogen and oxygen atoms in total. The zero-order chi connectivity index (χ0) is 12.3. The topological polar surface area (TPSA) is 55.4 Å². The van der Waals surface area contributed by atoms with E-state index in [1.54, 1.807) is 18.2 Å². The van der Waals surface area contributed by atoms with Crippen LogP contribution in [0.3, 0.4) is 0 Å². The highest BCUT2D eigenvalue weighted by molar-refractivity contribution is 5.92. The molecule has 1 fully saturated rings.